The van der Waals surface area contributed by atoms with Crippen molar-refractivity contribution in [2.24, 2.45) is 5.41 Å². The van der Waals surface area contributed by atoms with Crippen molar-refractivity contribution in [1.29, 1.82) is 0 Å². The maximum atomic E-state index is 5.90. The molecular weight excluding hydrogens is 256 g/mol. The molecule has 2 rings (SSSR count). The summed E-state index contributed by atoms with van der Waals surface area (Å²) in [5, 5.41) is 6.66. The van der Waals surface area contributed by atoms with Gasteiger partial charge in [-0.2, -0.15) is 0 Å². The Morgan fingerprint density at radius 3 is 2.58 bits per heavy atom. The van der Waals surface area contributed by atoms with E-state index in [-0.39, 0.29) is 5.60 Å². The maximum absolute atomic E-state index is 5.90. The monoisotopic (exact) mass is 282 g/mol. The number of methoxy groups -OCH3 is 1. The van der Waals surface area contributed by atoms with Crippen LogP contribution in [0.15, 0.2) is 5.38 Å². The van der Waals surface area contributed by atoms with E-state index in [4.69, 9.17) is 9.72 Å². The van der Waals surface area contributed by atoms with Crippen LogP contribution < -0.4 is 5.32 Å². The summed E-state index contributed by atoms with van der Waals surface area (Å²) in [6.45, 7) is 8.66. The zero-order valence-corrected chi connectivity index (χ0v) is 13.4. The SMILES string of the molecule is CCNCc1csc(C2(OC)CCC(C)(C)CC2)n1. The van der Waals surface area contributed by atoms with Gasteiger partial charge in [-0.25, -0.2) is 4.98 Å². The largest absolute Gasteiger partial charge is 0.371 e. The molecule has 1 fully saturated rings. The smallest absolute Gasteiger partial charge is 0.125 e. The van der Waals surface area contributed by atoms with Crippen molar-refractivity contribution >= 4 is 11.3 Å². The maximum Gasteiger partial charge on any atom is 0.125 e. The molecule has 0 bridgehead atoms. The highest BCUT2D eigenvalue weighted by molar-refractivity contribution is 7.09. The fourth-order valence-electron chi connectivity index (χ4n) is 2.69. The van der Waals surface area contributed by atoms with Crippen LogP contribution in [0.1, 0.15) is 57.2 Å². The number of hydrogen-bond acceptors (Lipinski definition) is 4. The van der Waals surface area contributed by atoms with Crippen LogP contribution in [0.4, 0.5) is 0 Å². The summed E-state index contributed by atoms with van der Waals surface area (Å²) in [7, 11) is 1.84. The van der Waals surface area contributed by atoms with Crippen LogP contribution in [0.2, 0.25) is 0 Å². The van der Waals surface area contributed by atoms with Crippen molar-refractivity contribution in [3.8, 4) is 0 Å². The van der Waals surface area contributed by atoms with E-state index in [0.29, 0.717) is 5.41 Å². The van der Waals surface area contributed by atoms with Gasteiger partial charge in [0.25, 0.3) is 0 Å². The van der Waals surface area contributed by atoms with Crippen LogP contribution in [-0.4, -0.2) is 18.6 Å². The molecule has 0 amide bonds. The van der Waals surface area contributed by atoms with Crippen LogP contribution in [0.3, 0.4) is 0 Å². The highest BCUT2D eigenvalue weighted by Crippen LogP contribution is 2.47. The van der Waals surface area contributed by atoms with Gasteiger partial charge < -0.3 is 10.1 Å². The summed E-state index contributed by atoms with van der Waals surface area (Å²) in [6.07, 6.45) is 4.60. The fraction of sp³-hybridized carbons (Fsp3) is 0.800. The number of aromatic nitrogens is 1. The van der Waals surface area contributed by atoms with Gasteiger partial charge in [0.2, 0.25) is 0 Å². The minimum absolute atomic E-state index is 0.134. The second-order valence-corrected chi connectivity index (χ2v) is 7.15. The Labute approximate surface area is 120 Å². The van der Waals surface area contributed by atoms with Crippen molar-refractivity contribution in [3.63, 3.8) is 0 Å². The van der Waals surface area contributed by atoms with Crippen LogP contribution in [0, 0.1) is 5.41 Å². The first-order chi connectivity index (χ1) is 9.01. The predicted molar refractivity (Wildman–Crippen MR) is 80.4 cm³/mol. The Morgan fingerprint density at radius 1 is 1.32 bits per heavy atom. The molecular formula is C15H26N2OS. The average Bonchev–Trinajstić information content (AvgIpc) is 2.86. The molecule has 1 aromatic rings. The molecule has 108 valence electrons. The molecule has 4 heteroatoms. The zero-order chi connectivity index (χ0) is 13.9. The van der Waals surface area contributed by atoms with Crippen molar-refractivity contribution < 1.29 is 4.74 Å². The van der Waals surface area contributed by atoms with Crippen LogP contribution >= 0.6 is 11.3 Å². The zero-order valence-electron chi connectivity index (χ0n) is 12.6. The van der Waals surface area contributed by atoms with E-state index in [9.17, 15) is 0 Å². The molecule has 1 heterocycles. The Kier molecular flexibility index (Phi) is 4.64. The molecule has 1 saturated carbocycles. The summed E-state index contributed by atoms with van der Waals surface area (Å²) in [6, 6.07) is 0. The molecule has 0 aliphatic heterocycles. The summed E-state index contributed by atoms with van der Waals surface area (Å²) in [4.78, 5) is 4.79. The lowest BCUT2D eigenvalue weighted by Gasteiger charge is -2.41. The van der Waals surface area contributed by atoms with Gasteiger partial charge in [0.1, 0.15) is 10.6 Å². The number of hydrogen-bond donors (Lipinski definition) is 1. The standard InChI is InChI=1S/C15H26N2OS/c1-5-16-10-12-11-19-13(17-12)15(18-4)8-6-14(2,3)7-9-15/h11,16H,5-10H2,1-4H3. The third-order valence-corrected chi connectivity index (χ3v) is 5.38. The van der Waals surface area contributed by atoms with Gasteiger partial charge in [-0.05, 0) is 37.6 Å². The normalized spacial score (nSPS) is 21.5. The van der Waals surface area contributed by atoms with E-state index in [2.05, 4.69) is 31.5 Å². The summed E-state index contributed by atoms with van der Waals surface area (Å²) >= 11 is 1.75. The van der Waals surface area contributed by atoms with Gasteiger partial charge in [-0.3, -0.25) is 0 Å². The molecule has 1 aliphatic carbocycles. The lowest BCUT2D eigenvalue weighted by Crippen LogP contribution is -2.36. The second-order valence-electron chi connectivity index (χ2n) is 6.29. The van der Waals surface area contributed by atoms with E-state index in [1.54, 1.807) is 11.3 Å². The quantitative estimate of drug-likeness (QED) is 0.894. The summed E-state index contributed by atoms with van der Waals surface area (Å²) < 4.78 is 5.90. The van der Waals surface area contributed by atoms with Crippen LogP contribution in [0.25, 0.3) is 0 Å². The predicted octanol–water partition coefficient (Wildman–Crippen LogP) is 3.69. The lowest BCUT2D eigenvalue weighted by atomic mass is 9.71. The van der Waals surface area contributed by atoms with Gasteiger partial charge in [0.05, 0.1) is 5.69 Å². The molecule has 1 aromatic heterocycles. The second kappa shape index (κ2) is 5.90. The van der Waals surface area contributed by atoms with Crippen LogP contribution in [-0.2, 0) is 16.9 Å². The van der Waals surface area contributed by atoms with E-state index in [0.717, 1.165) is 31.6 Å². The molecule has 0 atom stereocenters. The third kappa shape index (κ3) is 3.36. The minimum atomic E-state index is -0.134. The molecule has 19 heavy (non-hydrogen) atoms. The Bertz CT molecular complexity index is 404. The van der Waals surface area contributed by atoms with Gasteiger partial charge in [-0.15, -0.1) is 11.3 Å². The number of nitrogens with one attached hydrogen (secondary N) is 1. The molecule has 0 radical (unpaired) electrons. The Hall–Kier alpha value is -0.450. The first-order valence-electron chi connectivity index (χ1n) is 7.22. The molecule has 0 spiro atoms. The summed E-state index contributed by atoms with van der Waals surface area (Å²) in [5.41, 5.74) is 1.46. The number of thiazole rings is 1. The molecule has 1 aliphatic rings. The van der Waals surface area contributed by atoms with Gasteiger partial charge in [0, 0.05) is 19.0 Å². The molecule has 1 N–H and O–H groups in total. The highest BCUT2D eigenvalue weighted by atomic mass is 32.1. The Morgan fingerprint density at radius 2 is 2.00 bits per heavy atom. The average molecular weight is 282 g/mol. The van der Waals surface area contributed by atoms with E-state index in [1.807, 2.05) is 7.11 Å². The van der Waals surface area contributed by atoms with Crippen molar-refractivity contribution in [1.82, 2.24) is 10.3 Å². The van der Waals surface area contributed by atoms with Crippen LogP contribution in [0.5, 0.6) is 0 Å². The molecule has 0 saturated heterocycles. The van der Waals surface area contributed by atoms with Gasteiger partial charge in [-0.1, -0.05) is 20.8 Å². The highest BCUT2D eigenvalue weighted by Gasteiger charge is 2.41. The number of ether oxygens (including phenoxy) is 1. The lowest BCUT2D eigenvalue weighted by molar-refractivity contribution is -0.0668. The van der Waals surface area contributed by atoms with E-state index in [1.165, 1.54) is 17.8 Å². The van der Waals surface area contributed by atoms with Crippen molar-refractivity contribution in [2.45, 2.75) is 58.6 Å². The summed E-state index contributed by atoms with van der Waals surface area (Å²) in [5.74, 6) is 0. The van der Waals surface area contributed by atoms with Gasteiger partial charge in [0.15, 0.2) is 0 Å². The molecule has 0 aromatic carbocycles. The minimum Gasteiger partial charge on any atom is -0.371 e. The third-order valence-electron chi connectivity index (χ3n) is 4.30. The van der Waals surface area contributed by atoms with Crippen molar-refractivity contribution in [2.75, 3.05) is 13.7 Å². The van der Waals surface area contributed by atoms with Crippen molar-refractivity contribution in [3.05, 3.63) is 16.1 Å². The molecule has 3 nitrogen and oxygen atoms in total. The Balaban J connectivity index is 2.11. The first-order valence-corrected chi connectivity index (χ1v) is 8.10. The number of rotatable bonds is 5. The fourth-order valence-corrected chi connectivity index (χ4v) is 3.74. The molecule has 0 unspecified atom stereocenters. The van der Waals surface area contributed by atoms with E-state index >= 15 is 0 Å². The number of nitrogens with zero attached hydrogens (tertiary/aromatic N) is 1. The first kappa shape index (κ1) is 14.9. The topological polar surface area (TPSA) is 34.1 Å². The van der Waals surface area contributed by atoms with Gasteiger partial charge >= 0.3 is 0 Å². The van der Waals surface area contributed by atoms with E-state index < -0.39 is 0 Å².